The average Bonchev–Trinajstić information content (AvgIpc) is 3.31. The third-order valence-electron chi connectivity index (χ3n) is 5.66. The van der Waals surface area contributed by atoms with Crippen molar-refractivity contribution in [3.8, 4) is 0 Å². The van der Waals surface area contributed by atoms with Crippen LogP contribution in [0.1, 0.15) is 97.3 Å². The lowest BCUT2D eigenvalue weighted by molar-refractivity contribution is -0.159. The molecule has 0 spiro atoms. The molecular weight excluding hydrogens is 356 g/mol. The molecule has 2 fully saturated rings. The molecule has 0 aliphatic carbocycles. The highest BCUT2D eigenvalue weighted by molar-refractivity contribution is 5.71. The third-order valence-corrected chi connectivity index (χ3v) is 5.66. The van der Waals surface area contributed by atoms with Crippen molar-refractivity contribution in [2.45, 2.75) is 122 Å². The predicted molar refractivity (Wildman–Crippen MR) is 109 cm³/mol. The quantitative estimate of drug-likeness (QED) is 0.242. The van der Waals surface area contributed by atoms with Crippen LogP contribution in [0.5, 0.6) is 0 Å². The lowest BCUT2D eigenvalue weighted by Gasteiger charge is -2.24. The Morgan fingerprint density at radius 1 is 1.07 bits per heavy atom. The predicted octanol–water partition coefficient (Wildman–Crippen LogP) is 5.26. The monoisotopic (exact) mass is 394 g/mol. The summed E-state index contributed by atoms with van der Waals surface area (Å²) in [5, 5.41) is 0. The van der Waals surface area contributed by atoms with E-state index in [2.05, 4.69) is 19.1 Å². The van der Waals surface area contributed by atoms with Crippen molar-refractivity contribution >= 4 is 11.9 Å². The van der Waals surface area contributed by atoms with Gasteiger partial charge in [-0.1, -0.05) is 51.2 Å². The smallest absolute Gasteiger partial charge is 0.306 e. The number of hydrogen-bond donors (Lipinski definition) is 0. The van der Waals surface area contributed by atoms with E-state index in [0.29, 0.717) is 6.42 Å². The summed E-state index contributed by atoms with van der Waals surface area (Å²) < 4.78 is 17.0. The molecule has 2 heterocycles. The van der Waals surface area contributed by atoms with Gasteiger partial charge in [-0.05, 0) is 44.9 Å². The van der Waals surface area contributed by atoms with Crippen molar-refractivity contribution in [3.63, 3.8) is 0 Å². The molecule has 0 unspecified atom stereocenters. The van der Waals surface area contributed by atoms with Gasteiger partial charge in [0.25, 0.3) is 0 Å². The number of unbranched alkanes of at least 4 members (excludes halogenated alkanes) is 6. The lowest BCUT2D eigenvalue weighted by atomic mass is 10.0. The highest BCUT2D eigenvalue weighted by Crippen LogP contribution is 2.32. The second-order valence-corrected chi connectivity index (χ2v) is 8.11. The fourth-order valence-electron chi connectivity index (χ4n) is 4.12. The molecule has 0 saturated carbocycles. The summed E-state index contributed by atoms with van der Waals surface area (Å²) in [5.41, 5.74) is 0. The standard InChI is InChI=1S/C23H38O5/c1-3-4-5-6-7-8-9-10-11-12-13-19(26-18(2)24)20-14-15-21(27-20)22-16-17-23(25)28-22/h10-11,19-22H,3-9,12-17H2,1-2H3/b11-10+/t19-,20-,21+,22+/m0/s1. The summed E-state index contributed by atoms with van der Waals surface area (Å²) in [6.07, 6.45) is 17.5. The maximum absolute atomic E-state index is 11.5. The molecular formula is C23H38O5. The minimum Gasteiger partial charge on any atom is -0.460 e. The first-order chi connectivity index (χ1) is 13.6. The maximum Gasteiger partial charge on any atom is 0.306 e. The van der Waals surface area contributed by atoms with Crippen molar-refractivity contribution in [1.29, 1.82) is 0 Å². The summed E-state index contributed by atoms with van der Waals surface area (Å²) in [6, 6.07) is 0. The van der Waals surface area contributed by atoms with Crippen molar-refractivity contribution in [1.82, 2.24) is 0 Å². The van der Waals surface area contributed by atoms with E-state index in [1.54, 1.807) is 0 Å². The Balaban J connectivity index is 1.66. The number of cyclic esters (lactones) is 1. The minimum atomic E-state index is -0.264. The Hall–Kier alpha value is -1.36. The van der Waals surface area contributed by atoms with Gasteiger partial charge in [-0.25, -0.2) is 0 Å². The van der Waals surface area contributed by atoms with E-state index >= 15 is 0 Å². The Morgan fingerprint density at radius 2 is 1.82 bits per heavy atom. The zero-order valence-corrected chi connectivity index (χ0v) is 17.7. The van der Waals surface area contributed by atoms with Gasteiger partial charge in [-0.3, -0.25) is 9.59 Å². The molecule has 0 aromatic carbocycles. The fraction of sp³-hybridized carbons (Fsp3) is 0.826. The fourth-order valence-corrected chi connectivity index (χ4v) is 4.12. The van der Waals surface area contributed by atoms with E-state index in [-0.39, 0.29) is 36.4 Å². The number of allylic oxidation sites excluding steroid dienone is 2. The largest absolute Gasteiger partial charge is 0.460 e. The molecule has 160 valence electrons. The Labute approximate surface area is 170 Å². The van der Waals surface area contributed by atoms with E-state index in [1.165, 1.54) is 45.4 Å². The number of hydrogen-bond acceptors (Lipinski definition) is 5. The van der Waals surface area contributed by atoms with Gasteiger partial charge in [0.15, 0.2) is 0 Å². The van der Waals surface area contributed by atoms with Gasteiger partial charge in [0, 0.05) is 13.3 Å². The van der Waals surface area contributed by atoms with Crippen molar-refractivity contribution in [3.05, 3.63) is 12.2 Å². The van der Waals surface area contributed by atoms with Crippen LogP contribution < -0.4 is 0 Å². The molecule has 0 amide bonds. The van der Waals surface area contributed by atoms with Crippen molar-refractivity contribution < 1.29 is 23.8 Å². The van der Waals surface area contributed by atoms with Crippen LogP contribution in [0.25, 0.3) is 0 Å². The summed E-state index contributed by atoms with van der Waals surface area (Å²) >= 11 is 0. The highest BCUT2D eigenvalue weighted by Gasteiger charge is 2.40. The van der Waals surface area contributed by atoms with Crippen LogP contribution in [0.3, 0.4) is 0 Å². The normalized spacial score (nSPS) is 25.9. The zero-order valence-electron chi connectivity index (χ0n) is 17.7. The van der Waals surface area contributed by atoms with Crippen LogP contribution in [0.4, 0.5) is 0 Å². The Kier molecular flexibility index (Phi) is 10.6. The maximum atomic E-state index is 11.5. The lowest BCUT2D eigenvalue weighted by Crippen LogP contribution is -2.33. The zero-order chi connectivity index (χ0) is 20.2. The molecule has 0 bridgehead atoms. The van der Waals surface area contributed by atoms with Gasteiger partial charge in [0.2, 0.25) is 0 Å². The van der Waals surface area contributed by atoms with Crippen LogP contribution in [0.2, 0.25) is 0 Å². The van der Waals surface area contributed by atoms with Crippen LogP contribution in [0, 0.1) is 0 Å². The molecule has 2 aliphatic rings. The Morgan fingerprint density at radius 3 is 2.54 bits per heavy atom. The molecule has 0 N–H and O–H groups in total. The summed E-state index contributed by atoms with van der Waals surface area (Å²) in [7, 11) is 0. The molecule has 2 aliphatic heterocycles. The van der Waals surface area contributed by atoms with E-state index in [9.17, 15) is 9.59 Å². The second-order valence-electron chi connectivity index (χ2n) is 8.11. The average molecular weight is 395 g/mol. The molecule has 0 radical (unpaired) electrons. The first kappa shape index (κ1) is 22.9. The molecule has 2 rings (SSSR count). The van der Waals surface area contributed by atoms with Gasteiger partial charge in [0.05, 0.1) is 12.2 Å². The number of carbonyl (C=O) groups excluding carboxylic acids is 2. The van der Waals surface area contributed by atoms with Crippen molar-refractivity contribution in [2.24, 2.45) is 0 Å². The number of esters is 2. The van der Waals surface area contributed by atoms with Gasteiger partial charge >= 0.3 is 11.9 Å². The SMILES string of the molecule is CCCCCCCC/C=C/CC[C@H](OC(C)=O)[C@@H]1CC[C@H]([C@H]2CCC(=O)O2)O1. The van der Waals surface area contributed by atoms with E-state index in [1.807, 2.05) is 0 Å². The van der Waals surface area contributed by atoms with E-state index in [0.717, 1.165) is 38.5 Å². The van der Waals surface area contributed by atoms with Crippen LogP contribution in [0.15, 0.2) is 12.2 Å². The summed E-state index contributed by atoms with van der Waals surface area (Å²) in [4.78, 5) is 22.8. The van der Waals surface area contributed by atoms with Crippen LogP contribution in [-0.2, 0) is 23.8 Å². The molecule has 0 aromatic heterocycles. The molecule has 28 heavy (non-hydrogen) atoms. The van der Waals surface area contributed by atoms with Gasteiger partial charge < -0.3 is 14.2 Å². The van der Waals surface area contributed by atoms with Crippen molar-refractivity contribution in [2.75, 3.05) is 0 Å². The number of ether oxygens (including phenoxy) is 3. The van der Waals surface area contributed by atoms with Gasteiger partial charge in [-0.15, -0.1) is 0 Å². The van der Waals surface area contributed by atoms with Gasteiger partial charge in [-0.2, -0.15) is 0 Å². The molecule has 4 atom stereocenters. The highest BCUT2D eigenvalue weighted by atomic mass is 16.6. The topological polar surface area (TPSA) is 61.8 Å². The molecule has 0 aromatic rings. The number of carbonyl (C=O) groups is 2. The second kappa shape index (κ2) is 13.0. The molecule has 2 saturated heterocycles. The minimum absolute atomic E-state index is 0.0576. The van der Waals surface area contributed by atoms with E-state index in [4.69, 9.17) is 14.2 Å². The first-order valence-electron chi connectivity index (χ1n) is 11.3. The van der Waals surface area contributed by atoms with Gasteiger partial charge in [0.1, 0.15) is 12.2 Å². The Bertz CT molecular complexity index is 501. The van der Waals surface area contributed by atoms with Crippen LogP contribution >= 0.6 is 0 Å². The van der Waals surface area contributed by atoms with E-state index < -0.39 is 0 Å². The summed E-state index contributed by atoms with van der Waals surface area (Å²) in [6.45, 7) is 3.69. The van der Waals surface area contributed by atoms with Crippen LogP contribution in [-0.4, -0.2) is 36.4 Å². The summed E-state index contributed by atoms with van der Waals surface area (Å²) in [5.74, 6) is -0.399. The first-order valence-corrected chi connectivity index (χ1v) is 11.3. The molecule has 5 heteroatoms. The molecule has 5 nitrogen and oxygen atoms in total. The third kappa shape index (κ3) is 8.34. The number of rotatable bonds is 13.